The average molecular weight is 522 g/mol. The summed E-state index contributed by atoms with van der Waals surface area (Å²) in [6.07, 6.45) is 4.46. The van der Waals surface area contributed by atoms with Crippen molar-refractivity contribution in [1.29, 1.82) is 10.5 Å². The maximum absolute atomic E-state index is 12.7. The highest BCUT2D eigenvalue weighted by atomic mass is 16.7. The molecule has 8 nitrogen and oxygen atoms in total. The molecule has 0 spiro atoms. The van der Waals surface area contributed by atoms with E-state index in [0.717, 1.165) is 40.1 Å². The van der Waals surface area contributed by atoms with Gasteiger partial charge in [-0.25, -0.2) is 0 Å². The Bertz CT molecular complexity index is 1770. The standard InChI is InChI=1S/C31H31N5O3/c1-6-7-9-20-16(2)24-18(4)25-19(10-8-11-22(25)34)17(3)26(24)28(35-37)27(20)29(38-15-33)39-31-12-23-21(13-32)30(5,14-31)36(23)31/h8,10-11,21,23,29H,3-4,6-7,9,12,14,34H2,1-2,5H3. The molecule has 0 radical (unpaired) electrons. The van der Waals surface area contributed by atoms with Gasteiger partial charge in [0.15, 0.2) is 0 Å². The molecule has 0 aromatic heterocycles. The van der Waals surface area contributed by atoms with Crippen molar-refractivity contribution < 1.29 is 9.47 Å². The number of rotatable bonds is 8. The number of nitriles is 2. The molecule has 0 aliphatic carbocycles. The summed E-state index contributed by atoms with van der Waals surface area (Å²) in [4.78, 5) is 14.9. The fourth-order valence-electron chi connectivity index (χ4n) is 7.93. The predicted octanol–water partition coefficient (Wildman–Crippen LogP) is 5.04. The van der Waals surface area contributed by atoms with Gasteiger partial charge in [-0.05, 0) is 70.3 Å². The van der Waals surface area contributed by atoms with Crippen LogP contribution >= 0.6 is 0 Å². The van der Waals surface area contributed by atoms with Crippen LogP contribution in [0.15, 0.2) is 23.4 Å². The van der Waals surface area contributed by atoms with E-state index in [1.165, 1.54) is 0 Å². The van der Waals surface area contributed by atoms with E-state index < -0.39 is 12.0 Å². The summed E-state index contributed by atoms with van der Waals surface area (Å²) >= 11 is 0. The van der Waals surface area contributed by atoms with Gasteiger partial charge in [0, 0.05) is 40.9 Å². The van der Waals surface area contributed by atoms with Gasteiger partial charge in [-0.3, -0.25) is 4.90 Å². The van der Waals surface area contributed by atoms with Gasteiger partial charge in [0.2, 0.25) is 6.29 Å². The van der Waals surface area contributed by atoms with Crippen LogP contribution in [0.3, 0.4) is 0 Å². The minimum Gasteiger partial charge on any atom is -0.398 e. The Balaban J connectivity index is 1.60. The van der Waals surface area contributed by atoms with Gasteiger partial charge in [0.25, 0.3) is 6.26 Å². The lowest BCUT2D eigenvalue weighted by Gasteiger charge is -2.84. The molecule has 3 fully saturated rings. The normalized spacial score (nSPS) is 27.4. The monoisotopic (exact) mass is 521 g/mol. The highest BCUT2D eigenvalue weighted by molar-refractivity contribution is 6.09. The van der Waals surface area contributed by atoms with Crippen LogP contribution in [0.4, 0.5) is 11.4 Å². The topological polar surface area (TPSA) is 125 Å². The molecule has 8 heteroatoms. The zero-order valence-electron chi connectivity index (χ0n) is 22.5. The van der Waals surface area contributed by atoms with Crippen LogP contribution in [0.1, 0.15) is 62.5 Å². The van der Waals surface area contributed by atoms with Crippen LogP contribution in [-0.2, 0) is 15.9 Å². The third-order valence-electron chi connectivity index (χ3n) is 9.49. The van der Waals surface area contributed by atoms with Crippen LogP contribution in [-0.4, -0.2) is 22.2 Å². The molecule has 39 heavy (non-hydrogen) atoms. The molecule has 5 unspecified atom stereocenters. The Morgan fingerprint density at radius 3 is 2.64 bits per heavy atom. The smallest absolute Gasteiger partial charge is 0.289 e. The molecule has 0 amide bonds. The molecule has 0 bridgehead atoms. The molecule has 0 saturated carbocycles. The molecule has 2 N–H and O–H groups in total. The summed E-state index contributed by atoms with van der Waals surface area (Å²) < 4.78 is 12.2. The molecule has 5 atom stereocenters. The minimum atomic E-state index is -1.13. The first-order valence-corrected chi connectivity index (χ1v) is 13.4. The SMILES string of the molecule is C=c1c2cccc(N)c2c(=C)c2c(C)c(CCCC)c(C(OC#N)OC34CC5C(C#N)C(C)(C3)N54)c(N=O)c12. The molecule has 6 rings (SSSR count). The average Bonchev–Trinajstić information content (AvgIpc) is 2.89. The highest BCUT2D eigenvalue weighted by Crippen LogP contribution is 2.71. The number of nitrogens with zero attached hydrogens (tertiary/aromatic N) is 4. The Hall–Kier alpha value is -3.98. The van der Waals surface area contributed by atoms with Crippen molar-refractivity contribution in [3.8, 4) is 12.3 Å². The van der Waals surface area contributed by atoms with Gasteiger partial charge in [0.05, 0.1) is 17.6 Å². The van der Waals surface area contributed by atoms with E-state index in [9.17, 15) is 15.4 Å². The molecule has 3 aromatic carbocycles. The lowest BCUT2D eigenvalue weighted by Crippen LogP contribution is -2.96. The van der Waals surface area contributed by atoms with Crippen molar-refractivity contribution >= 4 is 46.1 Å². The number of hydrogen-bond acceptors (Lipinski definition) is 8. The van der Waals surface area contributed by atoms with Crippen LogP contribution in [0.2, 0.25) is 0 Å². The van der Waals surface area contributed by atoms with Crippen molar-refractivity contribution in [2.75, 3.05) is 5.73 Å². The molecule has 3 heterocycles. The maximum atomic E-state index is 12.7. The molecule has 3 saturated heterocycles. The lowest BCUT2D eigenvalue weighted by atomic mass is 9.47. The summed E-state index contributed by atoms with van der Waals surface area (Å²) in [5.74, 6) is -0.0292. The minimum absolute atomic E-state index is 0.0292. The fraction of sp³-hybridized carbons (Fsp3) is 0.419. The Morgan fingerprint density at radius 1 is 1.26 bits per heavy atom. The number of nitroso groups, excluding NO2 is 1. The van der Waals surface area contributed by atoms with Gasteiger partial charge < -0.3 is 15.2 Å². The van der Waals surface area contributed by atoms with Crippen molar-refractivity contribution in [1.82, 2.24) is 4.90 Å². The summed E-state index contributed by atoms with van der Waals surface area (Å²) in [5.41, 5.74) is 8.54. The van der Waals surface area contributed by atoms with E-state index in [2.05, 4.69) is 43.2 Å². The summed E-state index contributed by atoms with van der Waals surface area (Å²) in [6, 6.07) is 8.18. The highest BCUT2D eigenvalue weighted by Gasteiger charge is 2.82. The molecular weight excluding hydrogens is 490 g/mol. The summed E-state index contributed by atoms with van der Waals surface area (Å²) in [5, 5.41) is 27.1. The number of hydrogen-bond donors (Lipinski definition) is 1. The second-order valence-electron chi connectivity index (χ2n) is 11.4. The second-order valence-corrected chi connectivity index (χ2v) is 11.4. The molecular formula is C31H31N5O3. The van der Waals surface area contributed by atoms with E-state index in [1.54, 1.807) is 0 Å². The Morgan fingerprint density at radius 2 is 2.03 bits per heavy atom. The third-order valence-corrected chi connectivity index (χ3v) is 9.49. The molecule has 3 aliphatic heterocycles. The van der Waals surface area contributed by atoms with Crippen molar-refractivity contribution in [3.63, 3.8) is 0 Å². The fourth-order valence-corrected chi connectivity index (χ4v) is 7.93. The van der Waals surface area contributed by atoms with Gasteiger partial charge >= 0.3 is 0 Å². The number of benzene rings is 3. The lowest BCUT2D eigenvalue weighted by molar-refractivity contribution is -0.460. The van der Waals surface area contributed by atoms with Gasteiger partial charge in [-0.15, -0.1) is 4.91 Å². The number of fused-ring (bicyclic) bond motifs is 2. The first-order valence-electron chi connectivity index (χ1n) is 13.4. The van der Waals surface area contributed by atoms with Crippen molar-refractivity contribution in [3.05, 3.63) is 50.2 Å². The second kappa shape index (κ2) is 8.51. The Kier molecular flexibility index (Phi) is 5.52. The predicted molar refractivity (Wildman–Crippen MR) is 151 cm³/mol. The largest absolute Gasteiger partial charge is 0.398 e. The molecule has 3 aromatic rings. The number of piperidine rings is 3. The van der Waals surface area contributed by atoms with Crippen LogP contribution in [0.25, 0.3) is 34.7 Å². The summed E-state index contributed by atoms with van der Waals surface area (Å²) in [7, 11) is 0. The van der Waals surface area contributed by atoms with E-state index >= 15 is 0 Å². The van der Waals surface area contributed by atoms with Crippen LogP contribution < -0.4 is 16.2 Å². The third kappa shape index (κ3) is 3.05. The van der Waals surface area contributed by atoms with Crippen molar-refractivity contribution in [2.45, 2.75) is 76.5 Å². The maximum Gasteiger partial charge on any atom is 0.289 e. The first-order chi connectivity index (χ1) is 18.7. The van der Waals surface area contributed by atoms with E-state index in [1.807, 2.05) is 31.4 Å². The number of nitrogen functional groups attached to an aromatic ring is 1. The first kappa shape index (κ1) is 25.3. The number of aryl methyl sites for hydroxylation is 1. The summed E-state index contributed by atoms with van der Waals surface area (Å²) in [6.45, 7) is 14.9. The quantitative estimate of drug-likeness (QED) is 0.145. The van der Waals surface area contributed by atoms with Crippen LogP contribution in [0, 0.1) is 40.6 Å². The van der Waals surface area contributed by atoms with Gasteiger partial charge in [-0.2, -0.15) is 10.5 Å². The molecule has 3 aliphatic rings. The van der Waals surface area contributed by atoms with E-state index in [0.29, 0.717) is 46.3 Å². The molecule has 198 valence electrons. The number of unbranched alkanes of at least 4 members (excludes halogenated alkanes) is 1. The van der Waals surface area contributed by atoms with E-state index in [4.69, 9.17) is 15.2 Å². The number of anilines is 1. The number of nitrogens with two attached hydrogens (primary N) is 1. The van der Waals surface area contributed by atoms with Gasteiger partial charge in [-0.1, -0.05) is 38.6 Å². The van der Waals surface area contributed by atoms with E-state index in [-0.39, 0.29) is 23.2 Å². The zero-order valence-corrected chi connectivity index (χ0v) is 22.5. The van der Waals surface area contributed by atoms with Gasteiger partial charge in [0.1, 0.15) is 11.4 Å². The van der Waals surface area contributed by atoms with Crippen LogP contribution in [0.5, 0.6) is 0 Å². The Labute approximate surface area is 226 Å². The van der Waals surface area contributed by atoms with Crippen molar-refractivity contribution in [2.24, 2.45) is 11.1 Å². The number of ether oxygens (including phenoxy) is 2. The zero-order chi connectivity index (χ0) is 27.9.